The smallest absolute Gasteiger partial charge is 0.406 e. The van der Waals surface area contributed by atoms with Crippen LogP contribution >= 0.6 is 0 Å². The minimum atomic E-state index is -4.66. The van der Waals surface area contributed by atoms with Gasteiger partial charge in [0.1, 0.15) is 12.6 Å². The summed E-state index contributed by atoms with van der Waals surface area (Å²) < 4.78 is 37.0. The topological polar surface area (TPSA) is 101 Å². The summed E-state index contributed by atoms with van der Waals surface area (Å²) >= 11 is 0. The maximum Gasteiger partial charge on any atom is 0.406 e. The number of urea groups is 1. The standard InChI is InChI=1S/C10H15F3N2O5/c11-10(12,13)5-14(1-2-16)9(20)15-4-6(17)3-7(15)8(18)19/h6-7,16-17H,1-5H2,(H,18,19). The molecule has 1 saturated heterocycles. The van der Waals surface area contributed by atoms with E-state index in [0.717, 1.165) is 0 Å². The van der Waals surface area contributed by atoms with Gasteiger partial charge in [0.15, 0.2) is 0 Å². The minimum Gasteiger partial charge on any atom is -0.480 e. The van der Waals surface area contributed by atoms with Crippen molar-refractivity contribution in [2.75, 3.05) is 26.2 Å². The van der Waals surface area contributed by atoms with E-state index >= 15 is 0 Å². The van der Waals surface area contributed by atoms with Crippen molar-refractivity contribution in [3.8, 4) is 0 Å². The molecule has 0 aromatic heterocycles. The van der Waals surface area contributed by atoms with E-state index < -0.39 is 50.0 Å². The highest BCUT2D eigenvalue weighted by molar-refractivity contribution is 5.83. The van der Waals surface area contributed by atoms with Gasteiger partial charge in [-0.15, -0.1) is 0 Å². The number of aliphatic hydroxyl groups excluding tert-OH is 2. The van der Waals surface area contributed by atoms with E-state index in [1.165, 1.54) is 0 Å². The number of hydrogen-bond acceptors (Lipinski definition) is 4. The second-order valence-corrected chi connectivity index (χ2v) is 4.44. The fourth-order valence-electron chi connectivity index (χ4n) is 2.02. The number of halogens is 3. The largest absolute Gasteiger partial charge is 0.480 e. The first-order valence-corrected chi connectivity index (χ1v) is 5.79. The fraction of sp³-hybridized carbons (Fsp3) is 0.800. The van der Waals surface area contributed by atoms with Crippen LogP contribution in [-0.2, 0) is 4.79 Å². The maximum absolute atomic E-state index is 12.3. The number of nitrogens with zero attached hydrogens (tertiary/aromatic N) is 2. The molecule has 0 aromatic carbocycles. The van der Waals surface area contributed by atoms with Crippen LogP contribution in [0.2, 0.25) is 0 Å². The van der Waals surface area contributed by atoms with Gasteiger partial charge < -0.3 is 25.1 Å². The zero-order valence-electron chi connectivity index (χ0n) is 10.4. The normalized spacial score (nSPS) is 22.9. The van der Waals surface area contributed by atoms with E-state index in [-0.39, 0.29) is 13.0 Å². The molecule has 1 aliphatic heterocycles. The van der Waals surface area contributed by atoms with Crippen LogP contribution in [0.25, 0.3) is 0 Å². The van der Waals surface area contributed by atoms with Crippen LogP contribution in [0.15, 0.2) is 0 Å². The predicted octanol–water partition coefficient (Wildman–Crippen LogP) is -0.517. The molecule has 2 atom stereocenters. The molecule has 10 heteroatoms. The van der Waals surface area contributed by atoms with Crippen LogP contribution < -0.4 is 0 Å². The number of hydrogen-bond donors (Lipinski definition) is 3. The maximum atomic E-state index is 12.3. The number of carboxylic acids is 1. The van der Waals surface area contributed by atoms with Crippen LogP contribution in [0.3, 0.4) is 0 Å². The molecule has 2 amide bonds. The molecular formula is C10H15F3N2O5. The van der Waals surface area contributed by atoms with Crippen molar-refractivity contribution in [1.29, 1.82) is 0 Å². The van der Waals surface area contributed by atoms with Gasteiger partial charge in [0.2, 0.25) is 0 Å². The Morgan fingerprint density at radius 3 is 2.40 bits per heavy atom. The molecule has 2 unspecified atom stereocenters. The fourth-order valence-corrected chi connectivity index (χ4v) is 2.02. The number of aliphatic carboxylic acids is 1. The lowest BCUT2D eigenvalue weighted by atomic mass is 10.2. The molecule has 1 fully saturated rings. The molecule has 116 valence electrons. The zero-order chi connectivity index (χ0) is 15.5. The number of amides is 2. The number of carbonyl (C=O) groups is 2. The predicted molar refractivity (Wildman–Crippen MR) is 58.9 cm³/mol. The van der Waals surface area contributed by atoms with Crippen LogP contribution in [0.5, 0.6) is 0 Å². The van der Waals surface area contributed by atoms with Crippen molar-refractivity contribution in [2.45, 2.75) is 24.7 Å². The summed E-state index contributed by atoms with van der Waals surface area (Å²) in [5.74, 6) is -1.40. The Labute approximate surface area is 112 Å². The summed E-state index contributed by atoms with van der Waals surface area (Å²) in [4.78, 5) is 23.9. The molecule has 1 rings (SSSR count). The molecule has 3 N–H and O–H groups in total. The summed E-state index contributed by atoms with van der Waals surface area (Å²) in [6.07, 6.45) is -6.00. The van der Waals surface area contributed by atoms with Crippen LogP contribution in [0.1, 0.15) is 6.42 Å². The van der Waals surface area contributed by atoms with Crippen molar-refractivity contribution >= 4 is 12.0 Å². The van der Waals surface area contributed by atoms with Gasteiger partial charge in [-0.2, -0.15) is 13.2 Å². The van der Waals surface area contributed by atoms with E-state index in [4.69, 9.17) is 10.2 Å². The van der Waals surface area contributed by atoms with Crippen LogP contribution in [0, 0.1) is 0 Å². The summed E-state index contributed by atoms with van der Waals surface area (Å²) in [6.45, 7) is -3.20. The Morgan fingerprint density at radius 1 is 1.35 bits per heavy atom. The third-order valence-electron chi connectivity index (χ3n) is 2.82. The number of aliphatic hydroxyl groups is 2. The number of carboxylic acid groups (broad SMARTS) is 1. The second-order valence-electron chi connectivity index (χ2n) is 4.44. The van der Waals surface area contributed by atoms with Gasteiger partial charge in [-0.05, 0) is 0 Å². The Morgan fingerprint density at radius 2 is 1.95 bits per heavy atom. The molecule has 0 aliphatic carbocycles. The monoisotopic (exact) mass is 300 g/mol. The third kappa shape index (κ3) is 4.23. The van der Waals surface area contributed by atoms with Crippen molar-refractivity contribution in [2.24, 2.45) is 0 Å². The first kappa shape index (κ1) is 16.5. The molecule has 0 bridgehead atoms. The van der Waals surface area contributed by atoms with Gasteiger partial charge in [0.25, 0.3) is 0 Å². The summed E-state index contributed by atoms with van der Waals surface area (Å²) in [5.41, 5.74) is 0. The molecule has 0 spiro atoms. The Kier molecular flexibility index (Phi) is 5.17. The van der Waals surface area contributed by atoms with E-state index in [9.17, 15) is 27.9 Å². The third-order valence-corrected chi connectivity index (χ3v) is 2.82. The van der Waals surface area contributed by atoms with Gasteiger partial charge >= 0.3 is 18.2 Å². The average Bonchev–Trinajstić information content (AvgIpc) is 2.68. The Hall–Kier alpha value is -1.55. The molecule has 0 radical (unpaired) electrons. The van der Waals surface area contributed by atoms with Crippen molar-refractivity contribution in [3.05, 3.63) is 0 Å². The lowest BCUT2D eigenvalue weighted by Gasteiger charge is -2.30. The Bertz CT molecular complexity index is 376. The molecular weight excluding hydrogens is 285 g/mol. The first-order valence-electron chi connectivity index (χ1n) is 5.79. The van der Waals surface area contributed by atoms with E-state index in [2.05, 4.69) is 0 Å². The summed E-state index contributed by atoms with van der Waals surface area (Å²) in [5, 5.41) is 27.0. The molecule has 0 aromatic rings. The lowest BCUT2D eigenvalue weighted by Crippen LogP contribution is -2.51. The average molecular weight is 300 g/mol. The lowest BCUT2D eigenvalue weighted by molar-refractivity contribution is -0.144. The van der Waals surface area contributed by atoms with Crippen molar-refractivity contribution < 1.29 is 38.1 Å². The van der Waals surface area contributed by atoms with E-state index in [0.29, 0.717) is 9.80 Å². The molecule has 1 heterocycles. The van der Waals surface area contributed by atoms with Gasteiger partial charge in [-0.3, -0.25) is 0 Å². The SMILES string of the molecule is O=C(O)C1CC(O)CN1C(=O)N(CCO)CC(F)(F)F. The summed E-state index contributed by atoms with van der Waals surface area (Å²) in [7, 11) is 0. The van der Waals surface area contributed by atoms with Crippen LogP contribution in [-0.4, -0.2) is 81.7 Å². The number of rotatable bonds is 4. The highest BCUT2D eigenvalue weighted by Gasteiger charge is 2.42. The zero-order valence-corrected chi connectivity index (χ0v) is 10.4. The highest BCUT2D eigenvalue weighted by atomic mass is 19.4. The van der Waals surface area contributed by atoms with Gasteiger partial charge in [-0.1, -0.05) is 0 Å². The number of alkyl halides is 3. The van der Waals surface area contributed by atoms with Gasteiger partial charge in [0.05, 0.1) is 12.7 Å². The van der Waals surface area contributed by atoms with Crippen molar-refractivity contribution in [3.63, 3.8) is 0 Å². The molecule has 1 aliphatic rings. The van der Waals surface area contributed by atoms with E-state index in [1.54, 1.807) is 0 Å². The Balaban J connectivity index is 2.85. The number of likely N-dealkylation sites (tertiary alicyclic amines) is 1. The quantitative estimate of drug-likeness (QED) is 0.649. The first-order chi connectivity index (χ1) is 9.15. The summed E-state index contributed by atoms with van der Waals surface area (Å²) in [6, 6.07) is -2.53. The minimum absolute atomic E-state index is 0.236. The van der Waals surface area contributed by atoms with Gasteiger partial charge in [0, 0.05) is 19.5 Å². The number of carbonyl (C=O) groups excluding carboxylic acids is 1. The molecule has 7 nitrogen and oxygen atoms in total. The number of β-amino-alcohol motifs (C(OH)–C–C–N with tert-alkyl or cyclic N) is 1. The second kappa shape index (κ2) is 6.27. The van der Waals surface area contributed by atoms with Crippen LogP contribution in [0.4, 0.5) is 18.0 Å². The molecule has 0 saturated carbocycles. The van der Waals surface area contributed by atoms with Gasteiger partial charge in [-0.25, -0.2) is 9.59 Å². The highest BCUT2D eigenvalue weighted by Crippen LogP contribution is 2.22. The van der Waals surface area contributed by atoms with E-state index in [1.807, 2.05) is 0 Å². The van der Waals surface area contributed by atoms with Crippen molar-refractivity contribution in [1.82, 2.24) is 9.80 Å². The molecule has 20 heavy (non-hydrogen) atoms.